The fourth-order valence-corrected chi connectivity index (χ4v) is 5.52. The zero-order valence-corrected chi connectivity index (χ0v) is 22.1. The quantitative estimate of drug-likeness (QED) is 0.159. The van der Waals surface area contributed by atoms with Crippen molar-refractivity contribution in [3.63, 3.8) is 0 Å². The molecule has 0 saturated carbocycles. The summed E-state index contributed by atoms with van der Waals surface area (Å²) in [6.07, 6.45) is 2.74. The van der Waals surface area contributed by atoms with Crippen molar-refractivity contribution in [2.24, 2.45) is 0 Å². The third-order valence-electron chi connectivity index (χ3n) is 6.57. The second-order valence-electron chi connectivity index (χ2n) is 8.96. The summed E-state index contributed by atoms with van der Waals surface area (Å²) >= 11 is 1.61. The van der Waals surface area contributed by atoms with Crippen LogP contribution in [-0.4, -0.2) is 23.7 Å². The van der Waals surface area contributed by atoms with Crippen LogP contribution >= 0.6 is 11.8 Å². The van der Waals surface area contributed by atoms with Crippen molar-refractivity contribution in [1.29, 1.82) is 0 Å². The minimum absolute atomic E-state index is 0.00608. The lowest BCUT2D eigenvalue weighted by molar-refractivity contribution is 0.103. The lowest BCUT2D eigenvalue weighted by Crippen LogP contribution is -2.05. The molecule has 0 aliphatic heterocycles. The molecule has 0 amide bonds. The average molecular weight is 504 g/mol. The first-order valence-electron chi connectivity index (χ1n) is 12.3. The Hall–Kier alpha value is -4.02. The van der Waals surface area contributed by atoms with Gasteiger partial charge in [-0.3, -0.25) is 4.79 Å². The molecule has 0 aliphatic rings. The number of benzene rings is 4. The summed E-state index contributed by atoms with van der Waals surface area (Å²) in [6.45, 7) is 2.08. The van der Waals surface area contributed by atoms with Crippen molar-refractivity contribution in [2.75, 3.05) is 13.4 Å². The van der Waals surface area contributed by atoms with Gasteiger partial charge in [0, 0.05) is 28.9 Å². The molecular formula is C33H29NO2S. The molecule has 4 heteroatoms. The van der Waals surface area contributed by atoms with E-state index in [4.69, 9.17) is 4.74 Å². The Kier molecular flexibility index (Phi) is 7.29. The van der Waals surface area contributed by atoms with Gasteiger partial charge in [0.25, 0.3) is 0 Å². The minimum atomic E-state index is 0.00608. The van der Waals surface area contributed by atoms with Crippen LogP contribution in [0.1, 0.15) is 32.7 Å². The molecule has 0 bridgehead atoms. The molecule has 0 fully saturated rings. The highest BCUT2D eigenvalue weighted by atomic mass is 32.2. The highest BCUT2D eigenvalue weighted by molar-refractivity contribution is 7.98. The molecule has 0 aliphatic carbocycles. The smallest absolute Gasteiger partial charge is 0.196 e. The van der Waals surface area contributed by atoms with Crippen LogP contribution in [0.5, 0.6) is 5.75 Å². The summed E-state index contributed by atoms with van der Waals surface area (Å²) in [5.74, 6) is 0.735. The van der Waals surface area contributed by atoms with Crippen LogP contribution in [0.2, 0.25) is 0 Å². The number of hydrogen-bond acceptors (Lipinski definition) is 3. The summed E-state index contributed by atoms with van der Waals surface area (Å²) in [7, 11) is 1.63. The number of aryl methyl sites for hydroxylation is 1. The number of carbonyl (C=O) groups excluding carboxylic acids is 1. The van der Waals surface area contributed by atoms with Gasteiger partial charge in [-0.05, 0) is 60.7 Å². The number of rotatable bonds is 8. The lowest BCUT2D eigenvalue weighted by atomic mass is 9.93. The molecule has 0 atom stereocenters. The standard InChI is InChI=1S/C33H29NO2S/c1-23-14-16-25(17-15-23)30-29(22-24-10-6-4-7-11-24)34(27-12-8-5-9-13-27)33(37-3)31(30)32(35)26-18-20-28(36-2)21-19-26/h4-21H,22H2,1-3H3. The first-order chi connectivity index (χ1) is 18.1. The van der Waals surface area contributed by atoms with E-state index in [2.05, 4.69) is 72.2 Å². The van der Waals surface area contributed by atoms with Crippen molar-refractivity contribution >= 4 is 17.5 Å². The molecule has 37 heavy (non-hydrogen) atoms. The van der Waals surface area contributed by atoms with Gasteiger partial charge in [-0.1, -0.05) is 78.4 Å². The summed E-state index contributed by atoms with van der Waals surface area (Å²) in [5, 5.41) is 0.938. The van der Waals surface area contributed by atoms with Gasteiger partial charge < -0.3 is 9.30 Å². The molecule has 184 valence electrons. The number of methoxy groups -OCH3 is 1. The van der Waals surface area contributed by atoms with E-state index in [1.165, 1.54) is 11.1 Å². The van der Waals surface area contributed by atoms with E-state index in [0.29, 0.717) is 12.0 Å². The Bertz CT molecular complexity index is 1500. The van der Waals surface area contributed by atoms with E-state index >= 15 is 0 Å². The van der Waals surface area contributed by atoms with Crippen molar-refractivity contribution in [1.82, 2.24) is 4.57 Å². The van der Waals surface area contributed by atoms with Crippen LogP contribution in [0.3, 0.4) is 0 Å². The average Bonchev–Trinajstić information content (AvgIpc) is 3.27. The molecule has 0 N–H and O–H groups in total. The monoisotopic (exact) mass is 503 g/mol. The first-order valence-corrected chi connectivity index (χ1v) is 13.5. The summed E-state index contributed by atoms with van der Waals surface area (Å²) in [6, 6.07) is 36.6. The number of thioether (sulfide) groups is 1. The number of carbonyl (C=O) groups is 1. The number of para-hydroxylation sites is 1. The van der Waals surface area contributed by atoms with Crippen LogP contribution in [-0.2, 0) is 6.42 Å². The highest BCUT2D eigenvalue weighted by Crippen LogP contribution is 2.41. The van der Waals surface area contributed by atoms with E-state index in [1.54, 1.807) is 18.9 Å². The summed E-state index contributed by atoms with van der Waals surface area (Å²) in [4.78, 5) is 14.3. The van der Waals surface area contributed by atoms with E-state index < -0.39 is 0 Å². The maximum atomic E-state index is 14.3. The SMILES string of the molecule is COc1ccc(C(=O)c2c(-c3ccc(C)cc3)c(Cc3ccccc3)n(-c3ccccc3)c2SC)cc1. The molecule has 5 aromatic rings. The molecule has 4 aromatic carbocycles. The molecule has 3 nitrogen and oxygen atoms in total. The minimum Gasteiger partial charge on any atom is -0.497 e. The van der Waals surface area contributed by atoms with E-state index in [-0.39, 0.29) is 5.78 Å². The van der Waals surface area contributed by atoms with Gasteiger partial charge >= 0.3 is 0 Å². The van der Waals surface area contributed by atoms with Gasteiger partial charge in [-0.25, -0.2) is 0 Å². The van der Waals surface area contributed by atoms with Crippen molar-refractivity contribution < 1.29 is 9.53 Å². The van der Waals surface area contributed by atoms with Crippen LogP contribution in [0, 0.1) is 6.92 Å². The first kappa shape index (κ1) is 24.7. The Morgan fingerprint density at radius 3 is 2.03 bits per heavy atom. The Labute approximate surface area is 222 Å². The van der Waals surface area contributed by atoms with Gasteiger partial charge in [0.1, 0.15) is 5.75 Å². The fourth-order valence-electron chi connectivity index (χ4n) is 4.73. The molecule has 0 unspecified atom stereocenters. The molecule has 0 radical (unpaired) electrons. The van der Waals surface area contributed by atoms with Gasteiger partial charge in [-0.2, -0.15) is 0 Å². The fraction of sp³-hybridized carbons (Fsp3) is 0.121. The predicted molar refractivity (Wildman–Crippen MR) is 153 cm³/mol. The third kappa shape index (κ3) is 4.98. The Morgan fingerprint density at radius 2 is 1.43 bits per heavy atom. The number of ether oxygens (including phenoxy) is 1. The number of hydrogen-bond donors (Lipinski definition) is 0. The van der Waals surface area contributed by atoms with Gasteiger partial charge in [0.15, 0.2) is 5.78 Å². The zero-order chi connectivity index (χ0) is 25.8. The van der Waals surface area contributed by atoms with E-state index in [1.807, 2.05) is 54.8 Å². The van der Waals surface area contributed by atoms with Crippen LogP contribution < -0.4 is 4.74 Å². The van der Waals surface area contributed by atoms with Crippen molar-refractivity contribution in [3.8, 4) is 22.6 Å². The van der Waals surface area contributed by atoms with Gasteiger partial charge in [-0.15, -0.1) is 11.8 Å². The molecule has 1 heterocycles. The molecule has 5 rings (SSSR count). The normalized spacial score (nSPS) is 10.9. The van der Waals surface area contributed by atoms with E-state index in [0.717, 1.165) is 38.8 Å². The number of aromatic nitrogens is 1. The third-order valence-corrected chi connectivity index (χ3v) is 7.34. The van der Waals surface area contributed by atoms with Gasteiger partial charge in [0.05, 0.1) is 17.7 Å². The van der Waals surface area contributed by atoms with Crippen molar-refractivity contribution in [2.45, 2.75) is 18.4 Å². The van der Waals surface area contributed by atoms with Crippen LogP contribution in [0.25, 0.3) is 16.8 Å². The second kappa shape index (κ2) is 10.9. The predicted octanol–water partition coefficient (Wildman–Crippen LogP) is 8.01. The Balaban J connectivity index is 1.83. The second-order valence-corrected chi connectivity index (χ2v) is 9.76. The Morgan fingerprint density at radius 1 is 0.811 bits per heavy atom. The maximum absolute atomic E-state index is 14.3. The molecule has 0 spiro atoms. The van der Waals surface area contributed by atoms with Crippen LogP contribution in [0.15, 0.2) is 114 Å². The summed E-state index contributed by atoms with van der Waals surface area (Å²) in [5.41, 5.74) is 7.92. The number of nitrogens with zero attached hydrogens (tertiary/aromatic N) is 1. The largest absolute Gasteiger partial charge is 0.497 e. The molecule has 1 aromatic heterocycles. The number of ketones is 1. The lowest BCUT2D eigenvalue weighted by Gasteiger charge is -2.14. The highest BCUT2D eigenvalue weighted by Gasteiger charge is 2.29. The van der Waals surface area contributed by atoms with Crippen molar-refractivity contribution in [3.05, 3.63) is 137 Å². The topological polar surface area (TPSA) is 31.2 Å². The maximum Gasteiger partial charge on any atom is 0.196 e. The van der Waals surface area contributed by atoms with Crippen LogP contribution in [0.4, 0.5) is 0 Å². The molecule has 0 saturated heterocycles. The van der Waals surface area contributed by atoms with Gasteiger partial charge in [0.2, 0.25) is 0 Å². The van der Waals surface area contributed by atoms with E-state index in [9.17, 15) is 4.79 Å². The zero-order valence-electron chi connectivity index (χ0n) is 21.3. The summed E-state index contributed by atoms with van der Waals surface area (Å²) < 4.78 is 7.60. The molecular weight excluding hydrogens is 474 g/mol.